The molecule has 0 aliphatic rings. The van der Waals surface area contributed by atoms with Gasteiger partial charge < -0.3 is 22.8 Å². The highest BCUT2D eigenvalue weighted by atomic mass is 28.4. The summed E-state index contributed by atoms with van der Waals surface area (Å²) >= 11 is 0. The van der Waals surface area contributed by atoms with E-state index >= 15 is 0 Å². The van der Waals surface area contributed by atoms with E-state index in [1.807, 2.05) is 34.6 Å². The largest absolute Gasteiger partial charge is 0.500 e. The van der Waals surface area contributed by atoms with Crippen molar-refractivity contribution in [1.82, 2.24) is 0 Å². The Morgan fingerprint density at radius 3 is 1.50 bits per heavy atom. The zero-order valence-corrected chi connectivity index (χ0v) is 14.8. The van der Waals surface area contributed by atoms with Gasteiger partial charge in [0.2, 0.25) is 0 Å². The molecule has 0 amide bonds. The van der Waals surface area contributed by atoms with E-state index in [-0.39, 0.29) is 6.29 Å². The van der Waals surface area contributed by atoms with Crippen LogP contribution in [0.2, 0.25) is 6.04 Å². The fraction of sp³-hybridized carbons (Fsp3) is 1.00. The maximum Gasteiger partial charge on any atom is 0.500 e. The van der Waals surface area contributed by atoms with Crippen molar-refractivity contribution in [2.75, 3.05) is 33.0 Å². The van der Waals surface area contributed by atoms with Crippen molar-refractivity contribution >= 4 is 8.80 Å². The first-order valence-electron chi connectivity index (χ1n) is 7.82. The highest BCUT2D eigenvalue weighted by Crippen LogP contribution is 2.20. The minimum atomic E-state index is -2.52. The molecule has 6 heteroatoms. The zero-order chi connectivity index (χ0) is 15.3. The molecular weight excluding hydrogens is 276 g/mol. The van der Waals surface area contributed by atoms with Crippen molar-refractivity contribution in [1.29, 1.82) is 0 Å². The fourth-order valence-electron chi connectivity index (χ4n) is 2.07. The minimum Gasteiger partial charge on any atom is -0.374 e. The molecule has 20 heavy (non-hydrogen) atoms. The van der Waals surface area contributed by atoms with Crippen molar-refractivity contribution in [3.05, 3.63) is 0 Å². The third-order valence-electron chi connectivity index (χ3n) is 2.72. The summed E-state index contributed by atoms with van der Waals surface area (Å²) in [6.07, 6.45) is 1.61. The molecule has 0 fully saturated rings. The summed E-state index contributed by atoms with van der Waals surface area (Å²) in [6, 6.07) is 0.805. The normalized spacial score (nSPS) is 12.3. The van der Waals surface area contributed by atoms with E-state index in [2.05, 4.69) is 0 Å². The van der Waals surface area contributed by atoms with Crippen LogP contribution in [0.15, 0.2) is 0 Å². The van der Waals surface area contributed by atoms with Crippen molar-refractivity contribution in [2.45, 2.75) is 59.8 Å². The quantitative estimate of drug-likeness (QED) is 0.364. The van der Waals surface area contributed by atoms with Crippen LogP contribution >= 0.6 is 0 Å². The SMILES string of the molecule is CCOC(CCC[Si](OCC)(OCC)OCC)OCC. The van der Waals surface area contributed by atoms with E-state index in [0.717, 1.165) is 18.9 Å². The van der Waals surface area contributed by atoms with Gasteiger partial charge in [0.15, 0.2) is 6.29 Å². The summed E-state index contributed by atoms with van der Waals surface area (Å²) < 4.78 is 28.6. The van der Waals surface area contributed by atoms with Crippen LogP contribution in [0.5, 0.6) is 0 Å². The predicted molar refractivity (Wildman–Crippen MR) is 81.7 cm³/mol. The van der Waals surface area contributed by atoms with Crippen molar-refractivity contribution in [2.24, 2.45) is 0 Å². The standard InChI is InChI=1S/C14H32O5Si/c1-6-15-14(16-7-2)12-11-13-20(17-8-3,18-9-4)19-10-5/h14H,6-13H2,1-5H3. The predicted octanol–water partition coefficient (Wildman–Crippen LogP) is 3.21. The van der Waals surface area contributed by atoms with Crippen LogP contribution in [-0.4, -0.2) is 48.1 Å². The molecule has 0 N–H and O–H groups in total. The number of hydrogen-bond acceptors (Lipinski definition) is 5. The Labute approximate surface area is 125 Å². The van der Waals surface area contributed by atoms with Crippen LogP contribution in [0.4, 0.5) is 0 Å². The third kappa shape index (κ3) is 8.34. The third-order valence-corrected chi connectivity index (χ3v) is 5.87. The molecule has 5 nitrogen and oxygen atoms in total. The van der Waals surface area contributed by atoms with E-state index in [9.17, 15) is 0 Å². The van der Waals surface area contributed by atoms with Gasteiger partial charge >= 0.3 is 8.80 Å². The van der Waals surface area contributed by atoms with Crippen molar-refractivity contribution < 1.29 is 22.8 Å². The molecule has 0 aromatic rings. The van der Waals surface area contributed by atoms with Crippen molar-refractivity contribution in [3.8, 4) is 0 Å². The van der Waals surface area contributed by atoms with Gasteiger partial charge in [-0.3, -0.25) is 0 Å². The lowest BCUT2D eigenvalue weighted by Gasteiger charge is -2.29. The van der Waals surface area contributed by atoms with Gasteiger partial charge in [-0.2, -0.15) is 0 Å². The molecule has 122 valence electrons. The maximum atomic E-state index is 5.82. The van der Waals surface area contributed by atoms with Crippen LogP contribution < -0.4 is 0 Å². The molecule has 0 bridgehead atoms. The molecule has 0 aromatic heterocycles. The zero-order valence-electron chi connectivity index (χ0n) is 13.8. The monoisotopic (exact) mass is 308 g/mol. The molecule has 0 rings (SSSR count). The van der Waals surface area contributed by atoms with Gasteiger partial charge in [-0.05, 0) is 47.5 Å². The molecule has 0 aliphatic heterocycles. The Balaban J connectivity index is 4.34. The Kier molecular flexibility index (Phi) is 12.7. The summed E-state index contributed by atoms with van der Waals surface area (Å²) in [5.41, 5.74) is 0. The Bertz CT molecular complexity index is 193. The van der Waals surface area contributed by atoms with E-state index < -0.39 is 8.80 Å². The van der Waals surface area contributed by atoms with E-state index in [4.69, 9.17) is 22.8 Å². The molecule has 0 spiro atoms. The molecular formula is C14H32O5Si. The van der Waals surface area contributed by atoms with Crippen LogP contribution in [0.3, 0.4) is 0 Å². The van der Waals surface area contributed by atoms with Crippen LogP contribution in [0.1, 0.15) is 47.5 Å². The lowest BCUT2D eigenvalue weighted by atomic mass is 10.3. The maximum absolute atomic E-state index is 5.82. The summed E-state index contributed by atoms with van der Waals surface area (Å²) in [5.74, 6) is 0. The van der Waals surface area contributed by atoms with Crippen molar-refractivity contribution in [3.63, 3.8) is 0 Å². The van der Waals surface area contributed by atoms with E-state index in [1.54, 1.807) is 0 Å². The Morgan fingerprint density at radius 1 is 0.700 bits per heavy atom. The number of hydrogen-bond donors (Lipinski definition) is 0. The smallest absolute Gasteiger partial charge is 0.374 e. The van der Waals surface area contributed by atoms with Gasteiger partial charge in [0, 0.05) is 39.1 Å². The van der Waals surface area contributed by atoms with Crippen LogP contribution in [0, 0.1) is 0 Å². The fourth-order valence-corrected chi connectivity index (χ4v) is 4.71. The highest BCUT2D eigenvalue weighted by molar-refractivity contribution is 6.60. The van der Waals surface area contributed by atoms with Crippen LogP contribution in [0.25, 0.3) is 0 Å². The van der Waals surface area contributed by atoms with Gasteiger partial charge in [-0.15, -0.1) is 0 Å². The van der Waals surface area contributed by atoms with Crippen LogP contribution in [-0.2, 0) is 22.8 Å². The molecule has 0 heterocycles. The minimum absolute atomic E-state index is 0.137. The first-order valence-corrected chi connectivity index (χ1v) is 9.76. The second kappa shape index (κ2) is 12.7. The van der Waals surface area contributed by atoms with Gasteiger partial charge in [-0.1, -0.05) is 0 Å². The highest BCUT2D eigenvalue weighted by Gasteiger charge is 2.39. The molecule has 0 saturated heterocycles. The molecule has 0 aliphatic carbocycles. The first kappa shape index (κ1) is 20.0. The van der Waals surface area contributed by atoms with E-state index in [1.165, 1.54) is 0 Å². The number of rotatable bonds is 14. The topological polar surface area (TPSA) is 46.2 Å². The lowest BCUT2D eigenvalue weighted by molar-refractivity contribution is -0.139. The second-order valence-corrected chi connectivity index (χ2v) is 6.95. The lowest BCUT2D eigenvalue weighted by Crippen LogP contribution is -2.46. The Hall–Kier alpha value is 0.0169. The molecule has 0 aromatic carbocycles. The summed E-state index contributed by atoms with van der Waals surface area (Å²) in [7, 11) is -2.52. The average Bonchev–Trinajstić information content (AvgIpc) is 2.40. The molecule has 0 unspecified atom stereocenters. The number of ether oxygens (including phenoxy) is 2. The second-order valence-electron chi connectivity index (χ2n) is 4.21. The van der Waals surface area contributed by atoms with Gasteiger partial charge in [0.05, 0.1) is 0 Å². The molecule has 0 atom stereocenters. The van der Waals surface area contributed by atoms with Gasteiger partial charge in [0.1, 0.15) is 0 Å². The van der Waals surface area contributed by atoms with Gasteiger partial charge in [-0.25, -0.2) is 0 Å². The first-order chi connectivity index (χ1) is 9.67. The molecule has 0 radical (unpaired) electrons. The van der Waals surface area contributed by atoms with E-state index in [0.29, 0.717) is 33.0 Å². The average molecular weight is 308 g/mol. The summed E-state index contributed by atoms with van der Waals surface area (Å²) in [6.45, 7) is 13.1. The molecule has 0 saturated carbocycles. The summed E-state index contributed by atoms with van der Waals surface area (Å²) in [4.78, 5) is 0. The summed E-state index contributed by atoms with van der Waals surface area (Å²) in [5, 5.41) is 0. The van der Waals surface area contributed by atoms with Gasteiger partial charge in [0.25, 0.3) is 0 Å². The Morgan fingerprint density at radius 2 is 1.15 bits per heavy atom.